The second kappa shape index (κ2) is 8.33. The quantitative estimate of drug-likeness (QED) is 0.413. The van der Waals surface area contributed by atoms with Gasteiger partial charge in [0.25, 0.3) is 5.89 Å². The molecule has 0 saturated heterocycles. The lowest BCUT2D eigenvalue weighted by molar-refractivity contribution is 0.306. The van der Waals surface area contributed by atoms with Crippen molar-refractivity contribution in [2.45, 2.75) is 6.61 Å². The molecule has 2 aromatic carbocycles. The average molecular weight is 385 g/mol. The first-order chi connectivity index (χ1) is 13.8. The van der Waals surface area contributed by atoms with Gasteiger partial charge in [0, 0.05) is 0 Å². The van der Waals surface area contributed by atoms with E-state index in [0.29, 0.717) is 18.0 Å². The van der Waals surface area contributed by atoms with Crippen LogP contribution in [0.5, 0.6) is 5.75 Å². The Morgan fingerprint density at radius 3 is 2.79 bits per heavy atom. The van der Waals surface area contributed by atoms with Crippen molar-refractivity contribution < 1.29 is 9.26 Å². The molecule has 0 aliphatic carbocycles. The predicted molar refractivity (Wildman–Crippen MR) is 108 cm³/mol. The van der Waals surface area contributed by atoms with Gasteiger partial charge in [-0.15, -0.1) is 11.3 Å². The number of hydrogen-bond acceptors (Lipinski definition) is 6. The molecular formula is C22H15N3O2S. The van der Waals surface area contributed by atoms with E-state index in [0.717, 1.165) is 21.8 Å². The van der Waals surface area contributed by atoms with Crippen LogP contribution in [0.4, 0.5) is 0 Å². The highest BCUT2D eigenvalue weighted by atomic mass is 32.1. The Balaban J connectivity index is 1.53. The van der Waals surface area contributed by atoms with Crippen LogP contribution in [0.25, 0.3) is 22.4 Å². The molecule has 0 spiro atoms. The molecule has 0 radical (unpaired) electrons. The van der Waals surface area contributed by atoms with Crippen molar-refractivity contribution in [3.8, 4) is 22.5 Å². The Morgan fingerprint density at radius 1 is 1.11 bits per heavy atom. The number of thiophene rings is 1. The maximum absolute atomic E-state index is 9.53. The maximum atomic E-state index is 9.53. The molecule has 0 unspecified atom stereocenters. The number of nitriles is 1. The molecule has 0 fully saturated rings. The molecule has 0 N–H and O–H groups in total. The van der Waals surface area contributed by atoms with Crippen molar-refractivity contribution in [2.75, 3.05) is 0 Å². The molecule has 4 aromatic rings. The van der Waals surface area contributed by atoms with Crippen LogP contribution in [0.1, 0.15) is 17.0 Å². The second-order valence-corrected chi connectivity index (χ2v) is 6.86. The highest BCUT2D eigenvalue weighted by Crippen LogP contribution is 2.25. The van der Waals surface area contributed by atoms with Gasteiger partial charge in [-0.05, 0) is 40.8 Å². The highest BCUT2D eigenvalue weighted by molar-refractivity contribution is 7.13. The third kappa shape index (κ3) is 4.17. The van der Waals surface area contributed by atoms with Crippen LogP contribution >= 0.6 is 11.3 Å². The van der Waals surface area contributed by atoms with Gasteiger partial charge in [-0.2, -0.15) is 10.2 Å². The van der Waals surface area contributed by atoms with Gasteiger partial charge in [0.2, 0.25) is 5.82 Å². The fraction of sp³-hybridized carbons (Fsp3) is 0.0455. The highest BCUT2D eigenvalue weighted by Gasteiger charge is 2.13. The number of allylic oxidation sites excluding steroid dienone is 1. The average Bonchev–Trinajstić information content (AvgIpc) is 3.43. The molecule has 0 bridgehead atoms. The molecule has 136 valence electrons. The van der Waals surface area contributed by atoms with E-state index in [4.69, 9.17) is 9.26 Å². The minimum Gasteiger partial charge on any atom is -0.489 e. The molecule has 0 aliphatic heterocycles. The number of hydrogen-bond donors (Lipinski definition) is 0. The molecule has 0 atom stereocenters. The second-order valence-electron chi connectivity index (χ2n) is 5.92. The van der Waals surface area contributed by atoms with Gasteiger partial charge in [0.05, 0.1) is 4.88 Å². The van der Waals surface area contributed by atoms with Gasteiger partial charge >= 0.3 is 0 Å². The first kappa shape index (κ1) is 17.7. The number of nitrogens with zero attached hydrogens (tertiary/aromatic N) is 3. The first-order valence-electron chi connectivity index (χ1n) is 8.58. The van der Waals surface area contributed by atoms with E-state index in [9.17, 15) is 5.26 Å². The van der Waals surface area contributed by atoms with Gasteiger partial charge in [0.1, 0.15) is 24.0 Å². The van der Waals surface area contributed by atoms with E-state index in [1.54, 1.807) is 6.08 Å². The Labute approximate surface area is 166 Å². The van der Waals surface area contributed by atoms with E-state index in [-0.39, 0.29) is 5.89 Å². The molecule has 2 aromatic heterocycles. The Morgan fingerprint density at radius 2 is 2.00 bits per heavy atom. The summed E-state index contributed by atoms with van der Waals surface area (Å²) in [4.78, 5) is 5.22. The fourth-order valence-electron chi connectivity index (χ4n) is 2.58. The van der Waals surface area contributed by atoms with Gasteiger partial charge in [-0.25, -0.2) is 0 Å². The topological polar surface area (TPSA) is 71.9 Å². The summed E-state index contributed by atoms with van der Waals surface area (Å²) in [5, 5.41) is 15.4. The normalized spacial score (nSPS) is 11.2. The summed E-state index contributed by atoms with van der Waals surface area (Å²) >= 11 is 1.51. The third-order valence-corrected chi connectivity index (χ3v) is 4.80. The number of rotatable bonds is 6. The molecule has 5 nitrogen and oxygen atoms in total. The molecule has 0 saturated carbocycles. The van der Waals surface area contributed by atoms with E-state index < -0.39 is 0 Å². The van der Waals surface area contributed by atoms with Crippen molar-refractivity contribution >= 4 is 23.0 Å². The number of benzene rings is 2. The zero-order chi connectivity index (χ0) is 19.2. The van der Waals surface area contributed by atoms with Crippen molar-refractivity contribution in [3.63, 3.8) is 0 Å². The van der Waals surface area contributed by atoms with Crippen LogP contribution in [0.15, 0.2) is 76.6 Å². The largest absolute Gasteiger partial charge is 0.489 e. The lowest BCUT2D eigenvalue weighted by Gasteiger charge is -2.07. The van der Waals surface area contributed by atoms with Crippen LogP contribution in [-0.2, 0) is 6.61 Å². The van der Waals surface area contributed by atoms with Gasteiger partial charge in [-0.1, -0.05) is 53.7 Å². The monoisotopic (exact) mass is 385 g/mol. The van der Waals surface area contributed by atoms with Crippen molar-refractivity contribution in [1.29, 1.82) is 5.26 Å². The standard InChI is InChI=1S/C22H15N3O2S/c23-14-18(22-24-21(25-27-22)20-10-5-11-28-20)12-17-8-4-9-19(13-17)26-15-16-6-2-1-3-7-16/h1-13H,15H2/b18-12+. The van der Waals surface area contributed by atoms with Crippen molar-refractivity contribution in [2.24, 2.45) is 0 Å². The summed E-state index contributed by atoms with van der Waals surface area (Å²) in [7, 11) is 0. The molecule has 28 heavy (non-hydrogen) atoms. The van der Waals surface area contributed by atoms with Crippen LogP contribution < -0.4 is 4.74 Å². The number of ether oxygens (including phenoxy) is 1. The van der Waals surface area contributed by atoms with E-state index in [1.807, 2.05) is 72.1 Å². The molecule has 2 heterocycles. The van der Waals surface area contributed by atoms with Crippen LogP contribution in [-0.4, -0.2) is 10.1 Å². The molecule has 4 rings (SSSR count). The van der Waals surface area contributed by atoms with Crippen molar-refractivity contribution in [3.05, 3.63) is 89.1 Å². The summed E-state index contributed by atoms with van der Waals surface area (Å²) in [5.41, 5.74) is 2.21. The Hall–Kier alpha value is -3.69. The summed E-state index contributed by atoms with van der Waals surface area (Å²) in [6, 6.07) is 23.4. The summed E-state index contributed by atoms with van der Waals surface area (Å²) in [6.07, 6.45) is 1.71. The molecule has 0 amide bonds. The van der Waals surface area contributed by atoms with Crippen molar-refractivity contribution in [1.82, 2.24) is 10.1 Å². The zero-order valence-electron chi connectivity index (χ0n) is 14.8. The maximum Gasteiger partial charge on any atom is 0.268 e. The lowest BCUT2D eigenvalue weighted by Crippen LogP contribution is -1.95. The summed E-state index contributed by atoms with van der Waals surface area (Å²) in [5.74, 6) is 1.40. The minimum absolute atomic E-state index is 0.196. The smallest absolute Gasteiger partial charge is 0.268 e. The first-order valence-corrected chi connectivity index (χ1v) is 9.46. The van der Waals surface area contributed by atoms with E-state index >= 15 is 0 Å². The van der Waals surface area contributed by atoms with Crippen LogP contribution in [0.3, 0.4) is 0 Å². The SMILES string of the molecule is N#C/C(=C\c1cccc(OCc2ccccc2)c1)c1nc(-c2cccs2)no1. The molecular weight excluding hydrogens is 370 g/mol. The molecule has 6 heteroatoms. The Kier molecular flexibility index (Phi) is 5.27. The minimum atomic E-state index is 0.196. The van der Waals surface area contributed by atoms with E-state index in [1.165, 1.54) is 11.3 Å². The Bertz CT molecular complexity index is 1130. The molecule has 0 aliphatic rings. The summed E-state index contributed by atoms with van der Waals surface area (Å²) < 4.78 is 11.1. The lowest BCUT2D eigenvalue weighted by atomic mass is 10.1. The summed E-state index contributed by atoms with van der Waals surface area (Å²) in [6.45, 7) is 0.479. The van der Waals surface area contributed by atoms with Crippen LogP contribution in [0.2, 0.25) is 0 Å². The predicted octanol–water partition coefficient (Wildman–Crippen LogP) is 5.44. The fourth-order valence-corrected chi connectivity index (χ4v) is 3.23. The van der Waals surface area contributed by atoms with E-state index in [2.05, 4.69) is 16.2 Å². The van der Waals surface area contributed by atoms with Crippen LogP contribution in [0, 0.1) is 11.3 Å². The van der Waals surface area contributed by atoms with Gasteiger partial charge < -0.3 is 9.26 Å². The van der Waals surface area contributed by atoms with Gasteiger partial charge in [-0.3, -0.25) is 0 Å². The van der Waals surface area contributed by atoms with Gasteiger partial charge in [0.15, 0.2) is 0 Å². The zero-order valence-corrected chi connectivity index (χ0v) is 15.6. The third-order valence-electron chi connectivity index (χ3n) is 3.94. The number of aromatic nitrogens is 2.